The topological polar surface area (TPSA) is 81.1 Å². The van der Waals surface area contributed by atoms with Crippen molar-refractivity contribution in [2.45, 2.75) is 39.0 Å². The number of amides is 1. The summed E-state index contributed by atoms with van der Waals surface area (Å²) in [6.45, 7) is 7.15. The van der Waals surface area contributed by atoms with Crippen LogP contribution in [-0.2, 0) is 14.6 Å². The number of nitrogens with zero attached hydrogens (tertiary/aromatic N) is 2. The van der Waals surface area contributed by atoms with Crippen LogP contribution in [0.3, 0.4) is 0 Å². The number of hydrogen-bond donors (Lipinski definition) is 1. The lowest BCUT2D eigenvalue weighted by Crippen LogP contribution is -2.38. The number of benzene rings is 1. The summed E-state index contributed by atoms with van der Waals surface area (Å²) in [5.74, 6) is -0.493. The number of rotatable bonds is 5. The Morgan fingerprint density at radius 1 is 1.17 bits per heavy atom. The number of aryl methyl sites for hydroxylation is 2. The molecule has 0 aliphatic heterocycles. The third-order valence-corrected chi connectivity index (χ3v) is 5.52. The maximum atomic E-state index is 12.0. The fourth-order valence-corrected chi connectivity index (χ4v) is 2.86. The Morgan fingerprint density at radius 2 is 1.75 bits per heavy atom. The zero-order valence-corrected chi connectivity index (χ0v) is 15.4. The van der Waals surface area contributed by atoms with E-state index in [-0.39, 0.29) is 6.04 Å². The second kappa shape index (κ2) is 6.76. The van der Waals surface area contributed by atoms with Gasteiger partial charge in [-0.2, -0.15) is 5.10 Å². The maximum absolute atomic E-state index is 12.0. The van der Waals surface area contributed by atoms with Crippen LogP contribution in [0.2, 0.25) is 0 Å². The average molecular weight is 349 g/mol. The molecule has 0 fully saturated rings. The van der Waals surface area contributed by atoms with Crippen LogP contribution in [0.4, 0.5) is 0 Å². The van der Waals surface area contributed by atoms with Crippen molar-refractivity contribution >= 4 is 15.7 Å². The van der Waals surface area contributed by atoms with E-state index in [0.717, 1.165) is 28.9 Å². The van der Waals surface area contributed by atoms with Gasteiger partial charge in [0.25, 0.3) is 0 Å². The first-order valence-electron chi connectivity index (χ1n) is 7.72. The maximum Gasteiger partial charge on any atom is 0.238 e. The number of hydrogen-bond acceptors (Lipinski definition) is 4. The van der Waals surface area contributed by atoms with Gasteiger partial charge in [-0.1, -0.05) is 12.1 Å². The predicted octanol–water partition coefficient (Wildman–Crippen LogP) is 2.10. The molecule has 0 unspecified atom stereocenters. The molecule has 2 aromatic rings. The molecule has 0 aliphatic carbocycles. The van der Waals surface area contributed by atoms with Crippen LogP contribution in [0.25, 0.3) is 5.69 Å². The zero-order valence-electron chi connectivity index (χ0n) is 14.6. The molecular formula is C17H23N3O3S. The number of carbonyl (C=O) groups excluding carboxylic acids is 1. The molecule has 2 rings (SSSR count). The Morgan fingerprint density at radius 3 is 2.21 bits per heavy atom. The number of carbonyl (C=O) groups is 1. The largest absolute Gasteiger partial charge is 0.348 e. The molecule has 1 heterocycles. The van der Waals surface area contributed by atoms with Crippen LogP contribution in [0, 0.1) is 13.8 Å². The summed E-state index contributed by atoms with van der Waals surface area (Å²) in [7, 11) is -3.40. The summed E-state index contributed by atoms with van der Waals surface area (Å²) in [5, 5.41) is 6.11. The first-order valence-corrected chi connectivity index (χ1v) is 9.68. The minimum atomic E-state index is -3.40. The zero-order chi connectivity index (χ0) is 18.1. The quantitative estimate of drug-likeness (QED) is 0.896. The standard InChI is InChI=1S/C17H23N3O3S/c1-11-10-12(2)20(19-11)16-8-6-15(7-9-16)13(3)18-17(21)14(4)24(5,22)23/h6-10,13-14H,1-5H3,(H,18,21)/t13-,14+/m1/s1. The Labute approximate surface area is 142 Å². The van der Waals surface area contributed by atoms with Crippen LogP contribution in [0.1, 0.15) is 36.8 Å². The third-order valence-electron chi connectivity index (χ3n) is 4.02. The van der Waals surface area contributed by atoms with E-state index in [4.69, 9.17) is 0 Å². The SMILES string of the molecule is Cc1cc(C)n(-c2ccc([C@@H](C)NC(=O)[C@H](C)S(C)(=O)=O)cc2)n1. The van der Waals surface area contributed by atoms with E-state index < -0.39 is 21.0 Å². The van der Waals surface area contributed by atoms with Gasteiger partial charge in [-0.3, -0.25) is 4.79 Å². The summed E-state index contributed by atoms with van der Waals surface area (Å²) >= 11 is 0. The Hall–Kier alpha value is -2.15. The molecular weight excluding hydrogens is 326 g/mol. The molecule has 24 heavy (non-hydrogen) atoms. The minimum Gasteiger partial charge on any atom is -0.348 e. The van der Waals surface area contributed by atoms with E-state index in [1.54, 1.807) is 0 Å². The summed E-state index contributed by atoms with van der Waals surface area (Å²) < 4.78 is 24.8. The molecule has 0 saturated carbocycles. The first-order chi connectivity index (χ1) is 11.1. The van der Waals surface area contributed by atoms with Gasteiger partial charge in [-0.15, -0.1) is 0 Å². The highest BCUT2D eigenvalue weighted by Crippen LogP contribution is 2.17. The van der Waals surface area contributed by atoms with Crippen molar-refractivity contribution in [2.75, 3.05) is 6.26 Å². The van der Waals surface area contributed by atoms with E-state index in [9.17, 15) is 13.2 Å². The van der Waals surface area contributed by atoms with Gasteiger partial charge in [0.2, 0.25) is 5.91 Å². The lowest BCUT2D eigenvalue weighted by Gasteiger charge is -2.17. The molecule has 0 saturated heterocycles. The molecule has 7 heteroatoms. The fourth-order valence-electron chi connectivity index (χ4n) is 2.40. The Kier molecular flexibility index (Phi) is 5.13. The van der Waals surface area contributed by atoms with Gasteiger partial charge in [0.05, 0.1) is 17.4 Å². The van der Waals surface area contributed by atoms with Crippen molar-refractivity contribution in [3.8, 4) is 5.69 Å². The van der Waals surface area contributed by atoms with E-state index >= 15 is 0 Å². The smallest absolute Gasteiger partial charge is 0.238 e. The lowest BCUT2D eigenvalue weighted by molar-refractivity contribution is -0.121. The van der Waals surface area contributed by atoms with E-state index in [1.165, 1.54) is 6.92 Å². The highest BCUT2D eigenvalue weighted by Gasteiger charge is 2.24. The molecule has 1 aromatic heterocycles. The van der Waals surface area contributed by atoms with Crippen LogP contribution in [0.15, 0.2) is 30.3 Å². The number of nitrogens with one attached hydrogen (secondary N) is 1. The fraction of sp³-hybridized carbons (Fsp3) is 0.412. The second-order valence-electron chi connectivity index (χ2n) is 6.13. The highest BCUT2D eigenvalue weighted by molar-refractivity contribution is 7.92. The Balaban J connectivity index is 2.13. The average Bonchev–Trinajstić information content (AvgIpc) is 2.84. The van der Waals surface area contributed by atoms with Crippen molar-refractivity contribution in [1.29, 1.82) is 0 Å². The van der Waals surface area contributed by atoms with Crippen LogP contribution >= 0.6 is 0 Å². The molecule has 130 valence electrons. The van der Waals surface area contributed by atoms with Crippen LogP contribution < -0.4 is 5.32 Å². The van der Waals surface area contributed by atoms with Gasteiger partial charge >= 0.3 is 0 Å². The molecule has 2 atom stereocenters. The van der Waals surface area contributed by atoms with Gasteiger partial charge in [-0.25, -0.2) is 13.1 Å². The van der Waals surface area contributed by atoms with Crippen molar-refractivity contribution in [1.82, 2.24) is 15.1 Å². The molecule has 1 N–H and O–H groups in total. The van der Waals surface area contributed by atoms with Crippen molar-refractivity contribution < 1.29 is 13.2 Å². The van der Waals surface area contributed by atoms with Gasteiger partial charge in [0, 0.05) is 11.9 Å². The third kappa shape index (κ3) is 4.03. The van der Waals surface area contributed by atoms with E-state index in [1.807, 2.05) is 55.8 Å². The highest BCUT2D eigenvalue weighted by atomic mass is 32.2. The minimum absolute atomic E-state index is 0.281. The molecule has 1 amide bonds. The molecule has 6 nitrogen and oxygen atoms in total. The molecule has 0 spiro atoms. The van der Waals surface area contributed by atoms with Crippen LogP contribution in [0.5, 0.6) is 0 Å². The molecule has 0 bridgehead atoms. The molecule has 0 aliphatic rings. The molecule has 1 aromatic carbocycles. The van der Waals surface area contributed by atoms with Gasteiger partial charge in [0.1, 0.15) is 5.25 Å². The first kappa shape index (κ1) is 18.2. The van der Waals surface area contributed by atoms with Gasteiger partial charge in [0.15, 0.2) is 9.84 Å². The monoisotopic (exact) mass is 349 g/mol. The molecule has 0 radical (unpaired) electrons. The van der Waals surface area contributed by atoms with Gasteiger partial charge in [-0.05, 0) is 51.5 Å². The predicted molar refractivity (Wildman–Crippen MR) is 93.9 cm³/mol. The summed E-state index contributed by atoms with van der Waals surface area (Å²) in [6.07, 6.45) is 1.06. The van der Waals surface area contributed by atoms with Crippen molar-refractivity contribution in [3.63, 3.8) is 0 Å². The second-order valence-corrected chi connectivity index (χ2v) is 8.50. The van der Waals surface area contributed by atoms with E-state index in [2.05, 4.69) is 10.4 Å². The summed E-state index contributed by atoms with van der Waals surface area (Å²) in [4.78, 5) is 12.0. The summed E-state index contributed by atoms with van der Waals surface area (Å²) in [6, 6.07) is 9.39. The van der Waals surface area contributed by atoms with Crippen LogP contribution in [-0.4, -0.2) is 35.6 Å². The summed E-state index contributed by atoms with van der Waals surface area (Å²) in [5.41, 5.74) is 3.83. The lowest BCUT2D eigenvalue weighted by atomic mass is 10.1. The normalized spacial score (nSPS) is 14.2. The van der Waals surface area contributed by atoms with E-state index in [0.29, 0.717) is 0 Å². The van der Waals surface area contributed by atoms with Crippen molar-refractivity contribution in [3.05, 3.63) is 47.3 Å². The van der Waals surface area contributed by atoms with Gasteiger partial charge < -0.3 is 5.32 Å². The Bertz CT molecular complexity index is 838. The number of sulfone groups is 1. The van der Waals surface area contributed by atoms with Crippen molar-refractivity contribution in [2.24, 2.45) is 0 Å². The number of aromatic nitrogens is 2.